The summed E-state index contributed by atoms with van der Waals surface area (Å²) < 4.78 is 1.20. The number of aromatic carboxylic acids is 1. The van der Waals surface area contributed by atoms with Crippen LogP contribution in [-0.2, 0) is 9.59 Å². The predicted molar refractivity (Wildman–Crippen MR) is 70.9 cm³/mol. The minimum atomic E-state index is -1.17. The number of aromatic amines is 1. The van der Waals surface area contributed by atoms with E-state index in [0.29, 0.717) is 5.52 Å². The van der Waals surface area contributed by atoms with Crippen molar-refractivity contribution in [3.05, 3.63) is 34.2 Å². The number of aromatic nitrogens is 2. The molecule has 0 aliphatic carbocycles. The van der Waals surface area contributed by atoms with Gasteiger partial charge in [0.25, 0.3) is 0 Å². The Kier molecular flexibility index (Phi) is 2.86. The van der Waals surface area contributed by atoms with E-state index in [2.05, 4.69) is 10.3 Å². The Balaban J connectivity index is 2.20. The Morgan fingerprint density at radius 2 is 2.05 bits per heavy atom. The standard InChI is InChI=1S/C13H11N3O5/c17-9-5-4-8(11(18)14-9)16-7-3-1-2-6(12(19)20)10(7)15-13(16)21/h1-3,8H,4-5H2,(H,15,21)(H,19,20)(H,14,17,18). The van der Waals surface area contributed by atoms with E-state index in [1.54, 1.807) is 6.07 Å². The van der Waals surface area contributed by atoms with Crippen molar-refractivity contribution in [2.24, 2.45) is 0 Å². The van der Waals surface area contributed by atoms with Crippen LogP contribution in [0.4, 0.5) is 0 Å². The third-order valence-electron chi connectivity index (χ3n) is 3.50. The molecule has 0 spiro atoms. The molecule has 1 aliphatic heterocycles. The fourth-order valence-electron chi connectivity index (χ4n) is 2.56. The molecule has 1 saturated heterocycles. The molecule has 0 saturated carbocycles. The Labute approximate surface area is 117 Å². The maximum atomic E-state index is 12.1. The zero-order valence-electron chi connectivity index (χ0n) is 10.8. The van der Waals surface area contributed by atoms with Gasteiger partial charge in [-0.2, -0.15) is 0 Å². The number of carboxylic acids is 1. The van der Waals surface area contributed by atoms with Crippen molar-refractivity contribution in [3.63, 3.8) is 0 Å². The van der Waals surface area contributed by atoms with Crippen LogP contribution in [0, 0.1) is 0 Å². The van der Waals surface area contributed by atoms with E-state index in [4.69, 9.17) is 5.11 Å². The summed E-state index contributed by atoms with van der Waals surface area (Å²) in [5.41, 5.74) is -0.127. The number of hydrogen-bond acceptors (Lipinski definition) is 4. The molecule has 0 bridgehead atoms. The Bertz CT molecular complexity index is 832. The number of rotatable bonds is 2. The number of carboxylic acid groups (broad SMARTS) is 1. The zero-order valence-corrected chi connectivity index (χ0v) is 10.8. The summed E-state index contributed by atoms with van der Waals surface area (Å²) in [6, 6.07) is 3.60. The number of carbonyl (C=O) groups excluding carboxylic acids is 2. The molecule has 2 aromatic rings. The van der Waals surface area contributed by atoms with Crippen molar-refractivity contribution in [3.8, 4) is 0 Å². The number of H-pyrrole nitrogens is 1. The summed E-state index contributed by atoms with van der Waals surface area (Å²) in [6.07, 6.45) is 0.336. The average Bonchev–Trinajstić information content (AvgIpc) is 2.74. The monoisotopic (exact) mass is 289 g/mol. The van der Waals surface area contributed by atoms with Gasteiger partial charge in [-0.1, -0.05) is 6.07 Å². The highest BCUT2D eigenvalue weighted by atomic mass is 16.4. The first-order chi connectivity index (χ1) is 9.99. The van der Waals surface area contributed by atoms with Crippen LogP contribution in [0.15, 0.2) is 23.0 Å². The van der Waals surface area contributed by atoms with Gasteiger partial charge in [-0.3, -0.25) is 19.5 Å². The number of imidazole rings is 1. The third kappa shape index (κ3) is 2.00. The lowest BCUT2D eigenvalue weighted by Gasteiger charge is -2.21. The van der Waals surface area contributed by atoms with E-state index in [1.165, 1.54) is 16.7 Å². The number of carbonyl (C=O) groups is 3. The van der Waals surface area contributed by atoms with E-state index >= 15 is 0 Å². The van der Waals surface area contributed by atoms with Gasteiger partial charge in [0.15, 0.2) is 0 Å². The summed E-state index contributed by atoms with van der Waals surface area (Å²) in [5.74, 6) is -2.11. The topological polar surface area (TPSA) is 121 Å². The van der Waals surface area contributed by atoms with Crippen LogP contribution >= 0.6 is 0 Å². The summed E-state index contributed by atoms with van der Waals surface area (Å²) >= 11 is 0. The van der Waals surface area contributed by atoms with Gasteiger partial charge in [-0.15, -0.1) is 0 Å². The summed E-state index contributed by atoms with van der Waals surface area (Å²) in [7, 11) is 0. The van der Waals surface area contributed by atoms with Gasteiger partial charge in [-0.25, -0.2) is 9.59 Å². The highest BCUT2D eigenvalue weighted by Gasteiger charge is 2.31. The average molecular weight is 289 g/mol. The first kappa shape index (κ1) is 13.1. The molecular weight excluding hydrogens is 278 g/mol. The van der Waals surface area contributed by atoms with Crippen molar-refractivity contribution >= 4 is 28.8 Å². The second-order valence-corrected chi connectivity index (χ2v) is 4.77. The molecule has 8 nitrogen and oxygen atoms in total. The number of nitrogens with one attached hydrogen (secondary N) is 2. The van der Waals surface area contributed by atoms with E-state index in [-0.39, 0.29) is 29.8 Å². The predicted octanol–water partition coefficient (Wildman–Crippen LogP) is 0.00550. The second kappa shape index (κ2) is 4.58. The molecule has 1 atom stereocenters. The SMILES string of the molecule is O=C1CCC(n2c(=O)[nH]c3c(C(=O)O)cccc32)C(=O)N1. The maximum absolute atomic E-state index is 12.1. The van der Waals surface area contributed by atoms with Crippen molar-refractivity contribution in [1.82, 2.24) is 14.9 Å². The van der Waals surface area contributed by atoms with Gasteiger partial charge >= 0.3 is 11.7 Å². The van der Waals surface area contributed by atoms with Gasteiger partial charge in [0.2, 0.25) is 11.8 Å². The molecule has 2 heterocycles. The third-order valence-corrected chi connectivity index (χ3v) is 3.50. The summed E-state index contributed by atoms with van der Waals surface area (Å²) in [6.45, 7) is 0. The number of amides is 2. The lowest BCUT2D eigenvalue weighted by atomic mass is 10.1. The van der Waals surface area contributed by atoms with Gasteiger partial charge in [0, 0.05) is 6.42 Å². The van der Waals surface area contributed by atoms with Crippen LogP contribution in [0.1, 0.15) is 29.2 Å². The van der Waals surface area contributed by atoms with Gasteiger partial charge in [-0.05, 0) is 18.6 Å². The molecule has 1 aliphatic rings. The number of nitrogens with zero attached hydrogens (tertiary/aromatic N) is 1. The highest BCUT2D eigenvalue weighted by Crippen LogP contribution is 2.23. The number of imide groups is 1. The molecule has 3 rings (SSSR count). The molecular formula is C13H11N3O5. The minimum Gasteiger partial charge on any atom is -0.478 e. The Morgan fingerprint density at radius 1 is 1.29 bits per heavy atom. The minimum absolute atomic E-state index is 0.0457. The zero-order chi connectivity index (χ0) is 15.1. The molecule has 2 amide bonds. The molecule has 3 N–H and O–H groups in total. The molecule has 1 aromatic heterocycles. The van der Waals surface area contributed by atoms with E-state index < -0.39 is 23.6 Å². The number of hydrogen-bond donors (Lipinski definition) is 3. The lowest BCUT2D eigenvalue weighted by Crippen LogP contribution is -2.43. The maximum Gasteiger partial charge on any atom is 0.337 e. The van der Waals surface area contributed by atoms with Crippen molar-refractivity contribution in [1.29, 1.82) is 0 Å². The lowest BCUT2D eigenvalue weighted by molar-refractivity contribution is -0.135. The van der Waals surface area contributed by atoms with Crippen LogP contribution in [-0.4, -0.2) is 32.4 Å². The number of fused-ring (bicyclic) bond motifs is 1. The quantitative estimate of drug-likeness (QED) is 0.672. The smallest absolute Gasteiger partial charge is 0.337 e. The Morgan fingerprint density at radius 3 is 2.71 bits per heavy atom. The largest absolute Gasteiger partial charge is 0.478 e. The Hall–Kier alpha value is -2.90. The van der Waals surface area contributed by atoms with Crippen LogP contribution in [0.3, 0.4) is 0 Å². The normalized spacial score (nSPS) is 18.8. The first-order valence-corrected chi connectivity index (χ1v) is 6.29. The fraction of sp³-hybridized carbons (Fsp3) is 0.231. The van der Waals surface area contributed by atoms with Crippen molar-refractivity contribution in [2.45, 2.75) is 18.9 Å². The van der Waals surface area contributed by atoms with Crippen LogP contribution in [0.2, 0.25) is 0 Å². The summed E-state index contributed by atoms with van der Waals surface area (Å²) in [4.78, 5) is 48.8. The number of para-hydroxylation sites is 1. The van der Waals surface area contributed by atoms with E-state index in [1.807, 2.05) is 0 Å². The summed E-state index contributed by atoms with van der Waals surface area (Å²) in [5, 5.41) is 11.3. The van der Waals surface area contributed by atoms with Crippen LogP contribution in [0.5, 0.6) is 0 Å². The van der Waals surface area contributed by atoms with Crippen molar-refractivity contribution < 1.29 is 19.5 Å². The molecule has 21 heavy (non-hydrogen) atoms. The van der Waals surface area contributed by atoms with Gasteiger partial charge in [0.1, 0.15) is 6.04 Å². The van der Waals surface area contributed by atoms with Gasteiger partial charge < -0.3 is 10.1 Å². The molecule has 1 fully saturated rings. The van der Waals surface area contributed by atoms with Crippen LogP contribution in [0.25, 0.3) is 11.0 Å². The second-order valence-electron chi connectivity index (χ2n) is 4.77. The first-order valence-electron chi connectivity index (χ1n) is 6.29. The van der Waals surface area contributed by atoms with Gasteiger partial charge in [0.05, 0.1) is 16.6 Å². The molecule has 1 aromatic carbocycles. The molecule has 8 heteroatoms. The molecule has 108 valence electrons. The van der Waals surface area contributed by atoms with Crippen LogP contribution < -0.4 is 11.0 Å². The molecule has 0 radical (unpaired) electrons. The van der Waals surface area contributed by atoms with E-state index in [9.17, 15) is 19.2 Å². The number of benzene rings is 1. The highest BCUT2D eigenvalue weighted by molar-refractivity contribution is 6.02. The van der Waals surface area contributed by atoms with Crippen molar-refractivity contribution in [2.75, 3.05) is 0 Å². The van der Waals surface area contributed by atoms with E-state index in [0.717, 1.165) is 0 Å². The number of piperidine rings is 1. The fourth-order valence-corrected chi connectivity index (χ4v) is 2.56. The molecule has 1 unspecified atom stereocenters.